The predicted molar refractivity (Wildman–Crippen MR) is 137 cm³/mol. The second-order valence-corrected chi connectivity index (χ2v) is 10.9. The number of thioether (sulfide) groups is 1. The molecule has 3 heterocycles. The second kappa shape index (κ2) is 10.2. The average Bonchev–Trinajstić information content (AvgIpc) is 3.68. The Hall–Kier alpha value is -3.33. The minimum atomic E-state index is -0.371. The van der Waals surface area contributed by atoms with Crippen LogP contribution >= 0.6 is 11.8 Å². The maximum absolute atomic E-state index is 14.2. The highest BCUT2D eigenvalue weighted by atomic mass is 32.2. The molecule has 0 bridgehead atoms. The van der Waals surface area contributed by atoms with Crippen LogP contribution in [0.5, 0.6) is 5.75 Å². The average molecular weight is 522 g/mol. The number of hydrogen-bond donors (Lipinski definition) is 0. The third kappa shape index (κ3) is 5.09. The van der Waals surface area contributed by atoms with Gasteiger partial charge in [-0.05, 0) is 60.2 Å². The summed E-state index contributed by atoms with van der Waals surface area (Å²) in [5, 5.41) is 0. The summed E-state index contributed by atoms with van der Waals surface area (Å²) >= 11 is 1.84. The predicted octanol–water partition coefficient (Wildman–Crippen LogP) is 4.47. The lowest BCUT2D eigenvalue weighted by Gasteiger charge is -2.38. The molecule has 37 heavy (non-hydrogen) atoms. The van der Waals surface area contributed by atoms with Crippen molar-refractivity contribution in [2.75, 3.05) is 31.1 Å². The topological polar surface area (TPSA) is 75.9 Å². The number of carbonyl (C=O) groups is 2. The fourth-order valence-electron chi connectivity index (χ4n) is 5.07. The van der Waals surface area contributed by atoms with E-state index in [0.29, 0.717) is 31.3 Å². The van der Waals surface area contributed by atoms with Gasteiger partial charge < -0.3 is 19.0 Å². The van der Waals surface area contributed by atoms with E-state index in [4.69, 9.17) is 9.15 Å². The van der Waals surface area contributed by atoms with Gasteiger partial charge in [-0.2, -0.15) is 11.8 Å². The molecule has 6 rings (SSSR count). The smallest absolute Gasteiger partial charge is 0.275 e. The standard InChI is InChI=1S/C28H28FN3O4S/c29-21-3-1-2-20(14-21)26-23-15-22(7-6-18(23)8-9-32(26)27(33)19-4-5-19)35-17-25-30-24(16-36-25)28(34)31-10-12-37-13-11-31/h1-3,6-7,14-16,19,26H,4-5,8-13,17H2/t26-/m0/s1. The quantitative estimate of drug-likeness (QED) is 0.477. The third-order valence-corrected chi connectivity index (χ3v) is 8.09. The molecule has 3 aliphatic rings. The van der Waals surface area contributed by atoms with Crippen LogP contribution in [0, 0.1) is 11.7 Å². The summed E-state index contributed by atoms with van der Waals surface area (Å²) in [5.74, 6) is 2.53. The summed E-state index contributed by atoms with van der Waals surface area (Å²) < 4.78 is 25.7. The van der Waals surface area contributed by atoms with Crippen LogP contribution in [0.15, 0.2) is 53.1 Å². The molecule has 7 nitrogen and oxygen atoms in total. The van der Waals surface area contributed by atoms with Gasteiger partial charge in [0.2, 0.25) is 11.8 Å². The Bertz CT molecular complexity index is 1320. The third-order valence-electron chi connectivity index (χ3n) is 7.15. The van der Waals surface area contributed by atoms with Crippen molar-refractivity contribution in [2.24, 2.45) is 5.92 Å². The zero-order valence-corrected chi connectivity index (χ0v) is 21.2. The lowest BCUT2D eigenvalue weighted by Crippen LogP contribution is -2.41. The molecule has 1 saturated carbocycles. The number of aromatic nitrogens is 1. The van der Waals surface area contributed by atoms with Gasteiger partial charge in [0.15, 0.2) is 12.3 Å². The first kappa shape index (κ1) is 24.0. The largest absolute Gasteiger partial charge is 0.484 e. The molecule has 0 spiro atoms. The van der Waals surface area contributed by atoms with E-state index in [-0.39, 0.29) is 41.9 Å². The highest BCUT2D eigenvalue weighted by Gasteiger charge is 2.39. The van der Waals surface area contributed by atoms with Crippen LogP contribution < -0.4 is 4.74 Å². The number of halogens is 1. The summed E-state index contributed by atoms with van der Waals surface area (Å²) in [6.45, 7) is 2.10. The number of oxazole rings is 1. The van der Waals surface area contributed by atoms with Gasteiger partial charge in [0.25, 0.3) is 5.91 Å². The number of ether oxygens (including phenoxy) is 1. The molecule has 9 heteroatoms. The van der Waals surface area contributed by atoms with Gasteiger partial charge >= 0.3 is 0 Å². The van der Waals surface area contributed by atoms with E-state index < -0.39 is 0 Å². The first-order valence-electron chi connectivity index (χ1n) is 12.7. The fourth-order valence-corrected chi connectivity index (χ4v) is 5.97. The van der Waals surface area contributed by atoms with E-state index in [9.17, 15) is 14.0 Å². The molecule has 0 radical (unpaired) electrons. The molecule has 2 aromatic carbocycles. The van der Waals surface area contributed by atoms with E-state index in [1.54, 1.807) is 11.0 Å². The van der Waals surface area contributed by atoms with Crippen LogP contribution in [0.2, 0.25) is 0 Å². The Kier molecular flexibility index (Phi) is 6.63. The number of rotatable bonds is 6. The van der Waals surface area contributed by atoms with Gasteiger partial charge in [-0.3, -0.25) is 9.59 Å². The molecular formula is C28H28FN3O4S. The highest BCUT2D eigenvalue weighted by molar-refractivity contribution is 7.99. The zero-order valence-electron chi connectivity index (χ0n) is 20.4. The molecule has 0 unspecified atom stereocenters. The monoisotopic (exact) mass is 521 g/mol. The minimum absolute atomic E-state index is 0.0667. The van der Waals surface area contributed by atoms with E-state index >= 15 is 0 Å². The fraction of sp³-hybridized carbons (Fsp3) is 0.393. The summed E-state index contributed by atoms with van der Waals surface area (Å²) in [6.07, 6.45) is 3.95. The van der Waals surface area contributed by atoms with Gasteiger partial charge in [-0.1, -0.05) is 18.2 Å². The van der Waals surface area contributed by atoms with Crippen LogP contribution in [0.1, 0.15) is 52.0 Å². The first-order chi connectivity index (χ1) is 18.1. The molecule has 0 N–H and O–H groups in total. The van der Waals surface area contributed by atoms with Crippen molar-refractivity contribution in [1.29, 1.82) is 0 Å². The van der Waals surface area contributed by atoms with Gasteiger partial charge in [0.1, 0.15) is 17.8 Å². The summed E-state index contributed by atoms with van der Waals surface area (Å²) in [4.78, 5) is 33.9. The van der Waals surface area contributed by atoms with Gasteiger partial charge in [-0.15, -0.1) is 0 Å². The van der Waals surface area contributed by atoms with Crippen LogP contribution in [0.4, 0.5) is 4.39 Å². The van der Waals surface area contributed by atoms with E-state index in [2.05, 4.69) is 4.98 Å². The maximum atomic E-state index is 14.2. The summed E-state index contributed by atoms with van der Waals surface area (Å²) in [5.41, 5.74) is 3.09. The lowest BCUT2D eigenvalue weighted by atomic mass is 9.87. The van der Waals surface area contributed by atoms with Gasteiger partial charge in [0, 0.05) is 37.1 Å². The number of hydrogen-bond acceptors (Lipinski definition) is 6. The molecular weight excluding hydrogens is 493 g/mol. The Labute approximate surface area is 219 Å². The maximum Gasteiger partial charge on any atom is 0.275 e. The molecule has 1 saturated heterocycles. The number of benzene rings is 2. The summed E-state index contributed by atoms with van der Waals surface area (Å²) in [6, 6.07) is 11.9. The Morgan fingerprint density at radius 1 is 1.11 bits per heavy atom. The Morgan fingerprint density at radius 2 is 1.95 bits per heavy atom. The van der Waals surface area contributed by atoms with Gasteiger partial charge in [0.05, 0.1) is 6.04 Å². The Morgan fingerprint density at radius 3 is 2.73 bits per heavy atom. The highest BCUT2D eigenvalue weighted by Crippen LogP contribution is 2.41. The van der Waals surface area contributed by atoms with Crippen molar-refractivity contribution < 1.29 is 23.1 Å². The molecule has 2 aliphatic heterocycles. The van der Waals surface area contributed by atoms with Crippen molar-refractivity contribution in [3.63, 3.8) is 0 Å². The summed E-state index contributed by atoms with van der Waals surface area (Å²) in [7, 11) is 0. The SMILES string of the molecule is O=C(c1coc(COc2ccc3c(c2)[C@H](c2cccc(F)c2)N(C(=O)C2CC2)CC3)n1)N1CCSCC1. The molecule has 2 fully saturated rings. The molecule has 3 aromatic rings. The Balaban J connectivity index is 1.22. The molecule has 192 valence electrons. The molecule has 1 aromatic heterocycles. The lowest BCUT2D eigenvalue weighted by molar-refractivity contribution is -0.134. The molecule has 2 amide bonds. The van der Waals surface area contributed by atoms with E-state index in [1.165, 1.54) is 18.4 Å². The van der Waals surface area contributed by atoms with Crippen LogP contribution in [-0.2, 0) is 17.8 Å². The number of nitrogens with zero attached hydrogens (tertiary/aromatic N) is 3. The van der Waals surface area contributed by atoms with Gasteiger partial charge in [-0.25, -0.2) is 9.37 Å². The first-order valence-corrected chi connectivity index (χ1v) is 13.9. The molecule has 1 aliphatic carbocycles. The van der Waals surface area contributed by atoms with Crippen molar-refractivity contribution >= 4 is 23.6 Å². The van der Waals surface area contributed by atoms with Crippen molar-refractivity contribution in [3.05, 3.63) is 82.8 Å². The van der Waals surface area contributed by atoms with Crippen molar-refractivity contribution in [1.82, 2.24) is 14.8 Å². The number of amides is 2. The number of fused-ring (bicyclic) bond motifs is 1. The molecule has 1 atom stereocenters. The second-order valence-electron chi connectivity index (χ2n) is 9.69. The normalized spacial score (nSPS) is 19.4. The van der Waals surface area contributed by atoms with E-state index in [1.807, 2.05) is 40.9 Å². The minimum Gasteiger partial charge on any atom is -0.484 e. The van der Waals surface area contributed by atoms with Crippen molar-refractivity contribution in [3.8, 4) is 5.75 Å². The zero-order chi connectivity index (χ0) is 25.4. The van der Waals surface area contributed by atoms with Crippen LogP contribution in [0.25, 0.3) is 0 Å². The van der Waals surface area contributed by atoms with Crippen LogP contribution in [0.3, 0.4) is 0 Å². The number of carbonyl (C=O) groups excluding carboxylic acids is 2. The van der Waals surface area contributed by atoms with E-state index in [0.717, 1.165) is 47.5 Å². The van der Waals surface area contributed by atoms with Crippen LogP contribution in [-0.4, -0.2) is 57.7 Å². The van der Waals surface area contributed by atoms with Crippen molar-refractivity contribution in [2.45, 2.75) is 31.9 Å².